The fraction of sp³-hybridized carbons (Fsp3) is 0.417. The van der Waals surface area contributed by atoms with Crippen LogP contribution in [0.5, 0.6) is 0 Å². The van der Waals surface area contributed by atoms with Crippen molar-refractivity contribution < 1.29 is 18.3 Å². The molecule has 0 bridgehead atoms. The molecule has 1 aliphatic heterocycles. The summed E-state index contributed by atoms with van der Waals surface area (Å²) in [4.78, 5) is 2.13. The van der Waals surface area contributed by atoms with Crippen molar-refractivity contribution in [1.29, 1.82) is 0 Å². The highest BCUT2D eigenvalue weighted by molar-refractivity contribution is 5.59. The number of fused-ring (bicyclic) bond motifs is 1. The van der Waals surface area contributed by atoms with E-state index in [1.54, 1.807) is 12.1 Å². The fourth-order valence-corrected chi connectivity index (χ4v) is 4.51. The van der Waals surface area contributed by atoms with Crippen LogP contribution in [-0.4, -0.2) is 24.3 Å². The summed E-state index contributed by atoms with van der Waals surface area (Å²) < 4.78 is 38.3. The number of hydrogen-bond donors (Lipinski definition) is 2. The Balaban J connectivity index is 1.36. The van der Waals surface area contributed by atoms with E-state index in [9.17, 15) is 18.3 Å². The molecule has 2 aromatic rings. The first-order chi connectivity index (χ1) is 14.3. The molecule has 1 unspecified atom stereocenters. The highest BCUT2D eigenvalue weighted by atomic mass is 19.4. The Kier molecular flexibility index (Phi) is 5.78. The van der Waals surface area contributed by atoms with E-state index in [1.165, 1.54) is 11.1 Å². The van der Waals surface area contributed by atoms with E-state index < -0.39 is 11.7 Å². The normalized spacial score (nSPS) is 20.0. The van der Waals surface area contributed by atoms with Gasteiger partial charge >= 0.3 is 6.18 Å². The second kappa shape index (κ2) is 8.34. The molecular formula is C24H27F3N2O. The van der Waals surface area contributed by atoms with E-state index in [4.69, 9.17) is 0 Å². The lowest BCUT2D eigenvalue weighted by Crippen LogP contribution is -2.35. The molecule has 3 nitrogen and oxygen atoms in total. The smallest absolute Gasteiger partial charge is 0.393 e. The van der Waals surface area contributed by atoms with E-state index in [2.05, 4.69) is 22.9 Å². The van der Waals surface area contributed by atoms with Crippen LogP contribution >= 0.6 is 0 Å². The van der Waals surface area contributed by atoms with Gasteiger partial charge in [0.1, 0.15) is 0 Å². The Bertz CT molecular complexity index is 900. The molecule has 0 radical (unpaired) electrons. The summed E-state index contributed by atoms with van der Waals surface area (Å²) in [6.07, 6.45) is -0.445. The molecule has 6 heteroatoms. The monoisotopic (exact) mass is 416 g/mol. The lowest BCUT2D eigenvalue weighted by Gasteiger charge is -2.35. The molecule has 160 valence electrons. The van der Waals surface area contributed by atoms with Gasteiger partial charge in [-0.2, -0.15) is 13.2 Å². The van der Waals surface area contributed by atoms with Crippen LogP contribution in [0.15, 0.2) is 54.7 Å². The van der Waals surface area contributed by atoms with Gasteiger partial charge in [0, 0.05) is 42.5 Å². The van der Waals surface area contributed by atoms with Gasteiger partial charge in [-0.3, -0.25) is 0 Å². The zero-order chi connectivity index (χ0) is 21.3. The summed E-state index contributed by atoms with van der Waals surface area (Å²) >= 11 is 0. The summed E-state index contributed by atoms with van der Waals surface area (Å²) in [5.41, 5.74) is 4.67. The number of nitrogens with one attached hydrogen (secondary N) is 1. The third kappa shape index (κ3) is 4.48. The Hall–Kier alpha value is -2.47. The first-order valence-corrected chi connectivity index (χ1v) is 10.5. The molecule has 1 fully saturated rings. The molecule has 0 spiro atoms. The molecule has 1 saturated heterocycles. The molecule has 30 heavy (non-hydrogen) atoms. The van der Waals surface area contributed by atoms with E-state index >= 15 is 0 Å². The van der Waals surface area contributed by atoms with Crippen LogP contribution in [-0.2, 0) is 19.0 Å². The standard InChI is InChI=1S/C24H27F3N2O/c1-16(28-23-4-2-3-18-5-10-21(30)15-22(18)23)17-11-13-29(14-12-17)20-8-6-19(7-9-20)24(25,26)27/h2-4,6-9,17,21,28,30H,1,5,10-15H2. The predicted molar refractivity (Wildman–Crippen MR) is 114 cm³/mol. The van der Waals surface area contributed by atoms with Crippen molar-refractivity contribution in [2.75, 3.05) is 23.3 Å². The number of nitrogens with zero attached hydrogens (tertiary/aromatic N) is 1. The molecule has 0 aromatic heterocycles. The molecule has 2 aliphatic rings. The number of allylic oxidation sites excluding steroid dienone is 1. The van der Waals surface area contributed by atoms with Crippen LogP contribution in [0.3, 0.4) is 0 Å². The van der Waals surface area contributed by atoms with Gasteiger partial charge in [0.25, 0.3) is 0 Å². The number of aliphatic hydroxyl groups is 1. The number of hydrogen-bond acceptors (Lipinski definition) is 3. The van der Waals surface area contributed by atoms with Crippen LogP contribution in [0.25, 0.3) is 0 Å². The van der Waals surface area contributed by atoms with Crippen LogP contribution in [0.1, 0.15) is 36.0 Å². The summed E-state index contributed by atoms with van der Waals surface area (Å²) in [5.74, 6) is 0.306. The second-order valence-corrected chi connectivity index (χ2v) is 8.30. The van der Waals surface area contributed by atoms with E-state index in [0.29, 0.717) is 12.3 Å². The number of aryl methyl sites for hydroxylation is 1. The minimum atomic E-state index is -4.30. The summed E-state index contributed by atoms with van der Waals surface area (Å²) in [6, 6.07) is 11.6. The Morgan fingerprint density at radius 3 is 2.40 bits per heavy atom. The summed E-state index contributed by atoms with van der Waals surface area (Å²) in [7, 11) is 0. The van der Waals surface area contributed by atoms with E-state index in [-0.39, 0.29) is 6.10 Å². The topological polar surface area (TPSA) is 35.5 Å². The fourth-order valence-electron chi connectivity index (χ4n) is 4.51. The highest BCUT2D eigenvalue weighted by Gasteiger charge is 2.30. The lowest BCUT2D eigenvalue weighted by atomic mass is 9.88. The van der Waals surface area contributed by atoms with Crippen LogP contribution in [0.2, 0.25) is 0 Å². The molecule has 1 atom stereocenters. The average Bonchev–Trinajstić information content (AvgIpc) is 2.74. The molecule has 4 rings (SSSR count). The number of rotatable bonds is 4. The number of piperidine rings is 1. The number of alkyl halides is 3. The average molecular weight is 416 g/mol. The van der Waals surface area contributed by atoms with Crippen molar-refractivity contribution in [2.24, 2.45) is 5.92 Å². The maximum absolute atomic E-state index is 12.8. The van der Waals surface area contributed by atoms with Crippen LogP contribution in [0, 0.1) is 5.92 Å². The van der Waals surface area contributed by atoms with Crippen molar-refractivity contribution in [3.63, 3.8) is 0 Å². The lowest BCUT2D eigenvalue weighted by molar-refractivity contribution is -0.137. The highest BCUT2D eigenvalue weighted by Crippen LogP contribution is 2.34. The summed E-state index contributed by atoms with van der Waals surface area (Å²) in [5, 5.41) is 13.5. The minimum Gasteiger partial charge on any atom is -0.393 e. The van der Waals surface area contributed by atoms with Gasteiger partial charge in [0.05, 0.1) is 11.7 Å². The predicted octanol–water partition coefficient (Wildman–Crippen LogP) is 5.40. The Morgan fingerprint density at radius 1 is 1.03 bits per heavy atom. The first-order valence-electron chi connectivity index (χ1n) is 10.5. The van der Waals surface area contributed by atoms with Gasteiger partial charge in [-0.15, -0.1) is 0 Å². The van der Waals surface area contributed by atoms with Gasteiger partial charge in [0.2, 0.25) is 0 Å². The third-order valence-electron chi connectivity index (χ3n) is 6.30. The molecule has 0 amide bonds. The molecule has 2 aromatic carbocycles. The van der Waals surface area contributed by atoms with Crippen molar-refractivity contribution in [3.05, 3.63) is 71.4 Å². The van der Waals surface area contributed by atoms with E-state index in [0.717, 1.165) is 68.0 Å². The largest absolute Gasteiger partial charge is 0.416 e. The minimum absolute atomic E-state index is 0.291. The van der Waals surface area contributed by atoms with Gasteiger partial charge in [-0.1, -0.05) is 18.7 Å². The van der Waals surface area contributed by atoms with Crippen molar-refractivity contribution in [2.45, 2.75) is 44.4 Å². The van der Waals surface area contributed by atoms with Gasteiger partial charge < -0.3 is 15.3 Å². The van der Waals surface area contributed by atoms with E-state index in [1.807, 2.05) is 12.1 Å². The molecular weight excluding hydrogens is 389 g/mol. The number of halogens is 3. The second-order valence-electron chi connectivity index (χ2n) is 8.30. The van der Waals surface area contributed by atoms with Crippen molar-refractivity contribution in [1.82, 2.24) is 0 Å². The zero-order valence-corrected chi connectivity index (χ0v) is 16.9. The van der Waals surface area contributed by atoms with Crippen molar-refractivity contribution >= 4 is 11.4 Å². The first kappa shape index (κ1) is 20.8. The van der Waals surface area contributed by atoms with Crippen LogP contribution < -0.4 is 10.2 Å². The van der Waals surface area contributed by atoms with Gasteiger partial charge in [-0.25, -0.2) is 0 Å². The Labute approximate surface area is 175 Å². The third-order valence-corrected chi connectivity index (χ3v) is 6.30. The maximum Gasteiger partial charge on any atom is 0.416 e. The zero-order valence-electron chi connectivity index (χ0n) is 16.9. The molecule has 2 N–H and O–H groups in total. The van der Waals surface area contributed by atoms with Crippen LogP contribution in [0.4, 0.5) is 24.5 Å². The number of benzene rings is 2. The van der Waals surface area contributed by atoms with Crippen molar-refractivity contribution in [3.8, 4) is 0 Å². The van der Waals surface area contributed by atoms with Gasteiger partial charge in [-0.05, 0) is 67.1 Å². The molecule has 1 aliphatic carbocycles. The Morgan fingerprint density at radius 2 is 1.73 bits per heavy atom. The molecule has 0 saturated carbocycles. The number of anilines is 2. The quantitative estimate of drug-likeness (QED) is 0.701. The number of aliphatic hydroxyl groups excluding tert-OH is 1. The maximum atomic E-state index is 12.8. The summed E-state index contributed by atoms with van der Waals surface area (Å²) in [6.45, 7) is 5.82. The van der Waals surface area contributed by atoms with Gasteiger partial charge in [0.15, 0.2) is 0 Å². The SMILES string of the molecule is C=C(Nc1cccc2c1CC(O)CC2)C1CCN(c2ccc(C(F)(F)F)cc2)CC1. The molecule has 1 heterocycles.